The first-order chi connectivity index (χ1) is 6.29. The highest BCUT2D eigenvalue weighted by molar-refractivity contribution is 5.69. The Labute approximate surface area is 80.6 Å². The minimum Gasteiger partial charge on any atom is -0.0991 e. The zero-order valence-corrected chi connectivity index (χ0v) is 8.38. The lowest BCUT2D eigenvalue weighted by Crippen LogP contribution is -1.86. The first-order valence-electron chi connectivity index (χ1n) is 4.67. The monoisotopic (exact) mass is 172 g/mol. The molecule has 0 spiro atoms. The van der Waals surface area contributed by atoms with Crippen LogP contribution in [0.2, 0.25) is 0 Å². The van der Waals surface area contributed by atoms with Gasteiger partial charge in [-0.1, -0.05) is 49.9 Å². The van der Waals surface area contributed by atoms with Gasteiger partial charge in [0.05, 0.1) is 0 Å². The van der Waals surface area contributed by atoms with Gasteiger partial charge in [0, 0.05) is 0 Å². The molecule has 0 saturated carbocycles. The Bertz CT molecular complexity index is 319. The maximum absolute atomic E-state index is 3.73. The lowest BCUT2D eigenvalue weighted by Gasteiger charge is -2.07. The van der Waals surface area contributed by atoms with Gasteiger partial charge in [0.15, 0.2) is 0 Å². The molecule has 0 nitrogen and oxygen atoms in total. The first-order valence-corrected chi connectivity index (χ1v) is 4.67. The zero-order chi connectivity index (χ0) is 9.68. The zero-order valence-electron chi connectivity index (χ0n) is 8.38. The van der Waals surface area contributed by atoms with E-state index in [2.05, 4.69) is 50.8 Å². The molecule has 0 fully saturated rings. The van der Waals surface area contributed by atoms with E-state index in [1.54, 1.807) is 0 Å². The molecule has 0 radical (unpaired) electrons. The van der Waals surface area contributed by atoms with Crippen LogP contribution in [0, 0.1) is 6.92 Å². The summed E-state index contributed by atoms with van der Waals surface area (Å²) in [5.41, 5.74) is 4.02. The third-order valence-corrected chi connectivity index (χ3v) is 2.19. The number of allylic oxidation sites excluding steroid dienone is 3. The molecule has 1 aromatic carbocycles. The average molecular weight is 172 g/mol. The molecule has 13 heavy (non-hydrogen) atoms. The van der Waals surface area contributed by atoms with Crippen molar-refractivity contribution < 1.29 is 0 Å². The van der Waals surface area contributed by atoms with Gasteiger partial charge in [0.2, 0.25) is 0 Å². The summed E-state index contributed by atoms with van der Waals surface area (Å²) in [6, 6.07) is 8.45. The number of hydrogen-bond acceptors (Lipinski definition) is 0. The summed E-state index contributed by atoms with van der Waals surface area (Å²) in [7, 11) is 0. The quantitative estimate of drug-likeness (QED) is 0.605. The van der Waals surface area contributed by atoms with Gasteiger partial charge in [-0.25, -0.2) is 0 Å². The van der Waals surface area contributed by atoms with Crippen LogP contribution in [0.3, 0.4) is 0 Å². The Morgan fingerprint density at radius 1 is 1.38 bits per heavy atom. The summed E-state index contributed by atoms with van der Waals surface area (Å²) in [4.78, 5) is 0. The maximum atomic E-state index is 3.73. The van der Waals surface area contributed by atoms with Crippen LogP contribution >= 0.6 is 0 Å². The van der Waals surface area contributed by atoms with E-state index in [0.29, 0.717) is 0 Å². The molecular formula is C13H16. The standard InChI is InChI=1S/C13H16/c1-4-8-12(5-2)13-10-7-6-9-11(13)3/h4,6-10H,1,5H2,2-3H3/b12-8+. The van der Waals surface area contributed by atoms with Gasteiger partial charge in [0.25, 0.3) is 0 Å². The number of hydrogen-bond donors (Lipinski definition) is 0. The van der Waals surface area contributed by atoms with Gasteiger partial charge in [-0.2, -0.15) is 0 Å². The Balaban J connectivity index is 3.12. The van der Waals surface area contributed by atoms with Crippen LogP contribution < -0.4 is 0 Å². The highest BCUT2D eigenvalue weighted by Crippen LogP contribution is 2.21. The third-order valence-electron chi connectivity index (χ3n) is 2.19. The van der Waals surface area contributed by atoms with Gasteiger partial charge in [-0.05, 0) is 30.0 Å². The molecule has 0 atom stereocenters. The van der Waals surface area contributed by atoms with Gasteiger partial charge in [-0.3, -0.25) is 0 Å². The molecule has 1 rings (SSSR count). The smallest absolute Gasteiger partial charge is 0.0195 e. The summed E-state index contributed by atoms with van der Waals surface area (Å²) in [6.45, 7) is 8.04. The van der Waals surface area contributed by atoms with Gasteiger partial charge < -0.3 is 0 Å². The van der Waals surface area contributed by atoms with Crippen molar-refractivity contribution in [3.05, 3.63) is 54.1 Å². The summed E-state index contributed by atoms with van der Waals surface area (Å²) in [5.74, 6) is 0. The van der Waals surface area contributed by atoms with Gasteiger partial charge >= 0.3 is 0 Å². The second kappa shape index (κ2) is 4.66. The van der Waals surface area contributed by atoms with Crippen molar-refractivity contribution in [3.8, 4) is 0 Å². The van der Waals surface area contributed by atoms with E-state index in [1.165, 1.54) is 16.7 Å². The third kappa shape index (κ3) is 2.32. The van der Waals surface area contributed by atoms with Crippen molar-refractivity contribution in [2.24, 2.45) is 0 Å². The molecular weight excluding hydrogens is 156 g/mol. The van der Waals surface area contributed by atoms with E-state index in [0.717, 1.165) is 6.42 Å². The van der Waals surface area contributed by atoms with Crippen LogP contribution in [0.1, 0.15) is 24.5 Å². The van der Waals surface area contributed by atoms with E-state index in [4.69, 9.17) is 0 Å². The maximum Gasteiger partial charge on any atom is -0.0195 e. The Morgan fingerprint density at radius 3 is 2.62 bits per heavy atom. The van der Waals surface area contributed by atoms with E-state index in [9.17, 15) is 0 Å². The fraction of sp³-hybridized carbons (Fsp3) is 0.231. The Hall–Kier alpha value is -1.30. The van der Waals surface area contributed by atoms with E-state index in [-0.39, 0.29) is 0 Å². The SMILES string of the molecule is C=C/C=C(\CC)c1ccccc1C. The highest BCUT2D eigenvalue weighted by Gasteiger charge is 2.00. The van der Waals surface area contributed by atoms with Crippen LogP contribution in [0.5, 0.6) is 0 Å². The second-order valence-electron chi connectivity index (χ2n) is 3.10. The molecule has 0 aliphatic rings. The van der Waals surface area contributed by atoms with E-state index >= 15 is 0 Å². The number of aryl methyl sites for hydroxylation is 1. The van der Waals surface area contributed by atoms with Crippen LogP contribution in [0.4, 0.5) is 0 Å². The molecule has 0 heteroatoms. The van der Waals surface area contributed by atoms with Crippen LogP contribution in [0.15, 0.2) is 43.0 Å². The van der Waals surface area contributed by atoms with Crippen molar-refractivity contribution in [1.29, 1.82) is 0 Å². The van der Waals surface area contributed by atoms with Gasteiger partial charge in [0.1, 0.15) is 0 Å². The molecule has 0 amide bonds. The average Bonchev–Trinajstić information content (AvgIpc) is 2.16. The van der Waals surface area contributed by atoms with Crippen molar-refractivity contribution in [2.45, 2.75) is 20.3 Å². The topological polar surface area (TPSA) is 0 Å². The number of benzene rings is 1. The van der Waals surface area contributed by atoms with Crippen LogP contribution in [-0.2, 0) is 0 Å². The highest BCUT2D eigenvalue weighted by atomic mass is 14.0. The normalized spacial score (nSPS) is 11.4. The molecule has 68 valence electrons. The molecule has 0 heterocycles. The molecule has 0 N–H and O–H groups in total. The van der Waals surface area contributed by atoms with Crippen molar-refractivity contribution in [3.63, 3.8) is 0 Å². The predicted molar refractivity (Wildman–Crippen MR) is 59.6 cm³/mol. The summed E-state index contributed by atoms with van der Waals surface area (Å²) in [6.07, 6.45) is 4.99. The lowest BCUT2D eigenvalue weighted by molar-refractivity contribution is 1.22. The lowest BCUT2D eigenvalue weighted by atomic mass is 9.98. The minimum absolute atomic E-state index is 1.05. The van der Waals surface area contributed by atoms with E-state index < -0.39 is 0 Å². The molecule has 0 bridgehead atoms. The fourth-order valence-electron chi connectivity index (χ4n) is 1.47. The molecule has 0 saturated heterocycles. The van der Waals surface area contributed by atoms with Crippen molar-refractivity contribution >= 4 is 5.57 Å². The molecule has 0 unspecified atom stereocenters. The van der Waals surface area contributed by atoms with Crippen molar-refractivity contribution in [2.75, 3.05) is 0 Å². The molecule has 1 aromatic rings. The Kier molecular flexibility index (Phi) is 3.51. The minimum atomic E-state index is 1.05. The summed E-state index contributed by atoms with van der Waals surface area (Å²) >= 11 is 0. The second-order valence-corrected chi connectivity index (χ2v) is 3.10. The Morgan fingerprint density at radius 2 is 2.08 bits per heavy atom. The summed E-state index contributed by atoms with van der Waals surface area (Å²) in [5, 5.41) is 0. The van der Waals surface area contributed by atoms with E-state index in [1.807, 2.05) is 6.08 Å². The van der Waals surface area contributed by atoms with Crippen LogP contribution in [0.25, 0.3) is 5.57 Å². The van der Waals surface area contributed by atoms with Crippen LogP contribution in [-0.4, -0.2) is 0 Å². The fourth-order valence-corrected chi connectivity index (χ4v) is 1.47. The largest absolute Gasteiger partial charge is 0.0991 e. The molecule has 0 aliphatic carbocycles. The molecule has 0 aliphatic heterocycles. The van der Waals surface area contributed by atoms with Crippen molar-refractivity contribution in [1.82, 2.24) is 0 Å². The van der Waals surface area contributed by atoms with Gasteiger partial charge in [-0.15, -0.1) is 0 Å². The first kappa shape index (κ1) is 9.79. The summed E-state index contributed by atoms with van der Waals surface area (Å²) < 4.78 is 0. The molecule has 0 aromatic heterocycles. The number of rotatable bonds is 3. The predicted octanol–water partition coefficient (Wildman–Crippen LogP) is 3.97.